The molecule has 0 bridgehead atoms. The summed E-state index contributed by atoms with van der Waals surface area (Å²) in [6.45, 7) is 9.52. The van der Waals surface area contributed by atoms with Gasteiger partial charge in [0.25, 0.3) is 0 Å². The molecular formula is C10H11N. The smallest absolute Gasteiger partial charge is 0.0630 e. The Hall–Kier alpha value is -1.37. The fraction of sp³-hybridized carbons (Fsp3) is 0.100. The van der Waals surface area contributed by atoms with E-state index in [1.54, 1.807) is 6.20 Å². The molecule has 1 heteroatoms. The maximum atomic E-state index is 4.05. The Morgan fingerprint density at radius 2 is 2.36 bits per heavy atom. The number of allylic oxidation sites excluding steroid dienone is 1. The Bertz CT molecular complexity index is 363. The fourth-order valence-electron chi connectivity index (χ4n) is 0.847. The first-order chi connectivity index (χ1) is 5.20. The summed E-state index contributed by atoms with van der Waals surface area (Å²) in [7, 11) is 0. The van der Waals surface area contributed by atoms with E-state index in [-0.39, 0.29) is 0 Å². The Balaban J connectivity index is 3.36. The predicted octanol–water partition coefficient (Wildman–Crippen LogP) is 0.848. The van der Waals surface area contributed by atoms with Gasteiger partial charge in [0.2, 0.25) is 0 Å². The average Bonchev–Trinajstić information content (AvgIpc) is 1.93. The summed E-state index contributed by atoms with van der Waals surface area (Å²) in [5.41, 5.74) is 1.02. The molecule has 1 aromatic heterocycles. The third-order valence-corrected chi connectivity index (χ3v) is 1.33. The van der Waals surface area contributed by atoms with Crippen molar-refractivity contribution in [1.82, 2.24) is 4.98 Å². The Labute approximate surface area is 66.4 Å². The number of pyridine rings is 1. The van der Waals surface area contributed by atoms with Gasteiger partial charge in [-0.1, -0.05) is 30.9 Å². The van der Waals surface area contributed by atoms with Crippen LogP contribution in [0.5, 0.6) is 0 Å². The highest BCUT2D eigenvalue weighted by Gasteiger charge is 1.80. The van der Waals surface area contributed by atoms with Gasteiger partial charge in [0.1, 0.15) is 0 Å². The lowest BCUT2D eigenvalue weighted by Gasteiger charge is -1.87. The van der Waals surface area contributed by atoms with Crippen LogP contribution in [0.3, 0.4) is 0 Å². The van der Waals surface area contributed by atoms with Crippen molar-refractivity contribution in [3.8, 4) is 0 Å². The molecule has 0 amide bonds. The number of aromatic nitrogens is 1. The fourth-order valence-corrected chi connectivity index (χ4v) is 0.847. The van der Waals surface area contributed by atoms with Crippen LogP contribution in [0.15, 0.2) is 30.5 Å². The summed E-state index contributed by atoms with van der Waals surface area (Å²) < 4.78 is 0. The van der Waals surface area contributed by atoms with Gasteiger partial charge in [-0.2, -0.15) is 0 Å². The van der Waals surface area contributed by atoms with Crippen molar-refractivity contribution < 1.29 is 0 Å². The van der Waals surface area contributed by atoms with Gasteiger partial charge >= 0.3 is 0 Å². The molecule has 0 unspecified atom stereocenters. The molecule has 0 aliphatic rings. The highest BCUT2D eigenvalue weighted by molar-refractivity contribution is 5.42. The molecule has 1 heterocycles. The molecule has 0 aliphatic carbocycles. The highest BCUT2D eigenvalue weighted by Crippen LogP contribution is 1.84. The summed E-state index contributed by atoms with van der Waals surface area (Å²) >= 11 is 0. The van der Waals surface area contributed by atoms with Gasteiger partial charge < -0.3 is 0 Å². The quantitative estimate of drug-likeness (QED) is 0.571. The average molecular weight is 145 g/mol. The maximum Gasteiger partial charge on any atom is 0.0630 e. The van der Waals surface area contributed by atoms with Gasteiger partial charge in [-0.25, -0.2) is 0 Å². The second-order valence-electron chi connectivity index (χ2n) is 2.53. The minimum absolute atomic E-state index is 0.801. The maximum absolute atomic E-state index is 4.05. The Kier molecular flexibility index (Phi) is 2.21. The van der Waals surface area contributed by atoms with Crippen LogP contribution in [0.4, 0.5) is 0 Å². The number of hydrogen-bond donors (Lipinski definition) is 0. The normalized spacial score (nSPS) is 11.5. The van der Waals surface area contributed by atoms with Crippen LogP contribution >= 0.6 is 0 Å². The van der Waals surface area contributed by atoms with Crippen molar-refractivity contribution in [2.24, 2.45) is 0 Å². The molecular weight excluding hydrogens is 134 g/mol. The summed E-state index contributed by atoms with van der Waals surface area (Å²) in [6, 6.07) is 3.87. The highest BCUT2D eigenvalue weighted by atomic mass is 14.6. The van der Waals surface area contributed by atoms with Gasteiger partial charge in [0.05, 0.1) is 5.35 Å². The van der Waals surface area contributed by atoms with Gasteiger partial charge in [-0.3, -0.25) is 4.98 Å². The Morgan fingerprint density at radius 3 is 2.91 bits per heavy atom. The molecule has 1 aromatic rings. The summed E-state index contributed by atoms with van der Waals surface area (Å²) in [6.07, 6.45) is 3.70. The van der Waals surface area contributed by atoms with E-state index in [0.29, 0.717) is 0 Å². The molecule has 0 aliphatic heterocycles. The molecule has 0 saturated carbocycles. The molecule has 0 saturated heterocycles. The molecule has 0 fully saturated rings. The lowest BCUT2D eigenvalue weighted by Crippen LogP contribution is -2.25. The molecule has 0 atom stereocenters. The molecule has 56 valence electrons. The van der Waals surface area contributed by atoms with Crippen molar-refractivity contribution in [3.05, 3.63) is 41.0 Å². The first kappa shape index (κ1) is 7.73. The van der Waals surface area contributed by atoms with E-state index in [4.69, 9.17) is 0 Å². The van der Waals surface area contributed by atoms with Crippen LogP contribution in [0.2, 0.25) is 0 Å². The summed E-state index contributed by atoms with van der Waals surface area (Å²) in [5.74, 6) is 0. The molecule has 1 nitrogen and oxygen atoms in total. The first-order valence-corrected chi connectivity index (χ1v) is 3.47. The lowest BCUT2D eigenvalue weighted by atomic mass is 10.2. The van der Waals surface area contributed by atoms with Crippen LogP contribution < -0.4 is 10.6 Å². The molecule has 11 heavy (non-hydrogen) atoms. The Morgan fingerprint density at radius 1 is 1.64 bits per heavy atom. The second kappa shape index (κ2) is 3.15. The minimum Gasteiger partial charge on any atom is -0.257 e. The number of rotatable bonds is 1. The SMILES string of the molecule is C=C(C)/C=c1/cccnc1=C. The van der Waals surface area contributed by atoms with E-state index < -0.39 is 0 Å². The van der Waals surface area contributed by atoms with Crippen LogP contribution in [0, 0.1) is 0 Å². The van der Waals surface area contributed by atoms with Gasteiger partial charge in [-0.05, 0) is 18.2 Å². The monoisotopic (exact) mass is 145 g/mol. The van der Waals surface area contributed by atoms with Crippen LogP contribution in [-0.4, -0.2) is 4.98 Å². The second-order valence-corrected chi connectivity index (χ2v) is 2.53. The standard InChI is InChI=1S/C10H11N/c1-8(2)7-10-5-4-6-11-9(10)3/h4-7H,1,3H2,2H3/b10-7-. The van der Waals surface area contributed by atoms with Crippen LogP contribution in [0.1, 0.15) is 6.92 Å². The van der Waals surface area contributed by atoms with E-state index in [0.717, 1.165) is 16.1 Å². The molecule has 0 spiro atoms. The molecule has 1 rings (SSSR count). The summed E-state index contributed by atoms with van der Waals surface area (Å²) in [5, 5.41) is 1.84. The van der Waals surface area contributed by atoms with Crippen molar-refractivity contribution in [2.75, 3.05) is 0 Å². The topological polar surface area (TPSA) is 12.9 Å². The number of hydrogen-bond acceptors (Lipinski definition) is 1. The zero-order valence-electron chi connectivity index (χ0n) is 6.67. The first-order valence-electron chi connectivity index (χ1n) is 3.47. The van der Waals surface area contributed by atoms with Gasteiger partial charge in [0.15, 0.2) is 0 Å². The van der Waals surface area contributed by atoms with Gasteiger partial charge in [-0.15, -0.1) is 0 Å². The molecule has 0 N–H and O–H groups in total. The lowest BCUT2D eigenvalue weighted by molar-refractivity contribution is 1.23. The zero-order chi connectivity index (χ0) is 8.27. The van der Waals surface area contributed by atoms with E-state index in [1.807, 2.05) is 25.1 Å². The zero-order valence-corrected chi connectivity index (χ0v) is 6.67. The number of nitrogens with zero attached hydrogens (tertiary/aromatic N) is 1. The van der Waals surface area contributed by atoms with Gasteiger partial charge in [0, 0.05) is 6.20 Å². The summed E-state index contributed by atoms with van der Waals surface area (Å²) in [4.78, 5) is 4.05. The van der Waals surface area contributed by atoms with Crippen LogP contribution in [0.25, 0.3) is 12.7 Å². The molecule has 0 aromatic carbocycles. The molecule has 0 radical (unpaired) electrons. The van der Waals surface area contributed by atoms with Crippen molar-refractivity contribution in [1.29, 1.82) is 0 Å². The van der Waals surface area contributed by atoms with Crippen LogP contribution in [-0.2, 0) is 0 Å². The van der Waals surface area contributed by atoms with E-state index >= 15 is 0 Å². The third kappa shape index (κ3) is 2.04. The van der Waals surface area contributed by atoms with E-state index in [2.05, 4.69) is 18.1 Å². The minimum atomic E-state index is 0.801. The van der Waals surface area contributed by atoms with E-state index in [9.17, 15) is 0 Å². The predicted molar refractivity (Wildman–Crippen MR) is 48.3 cm³/mol. The van der Waals surface area contributed by atoms with Crippen molar-refractivity contribution in [3.63, 3.8) is 0 Å². The van der Waals surface area contributed by atoms with E-state index in [1.165, 1.54) is 0 Å². The van der Waals surface area contributed by atoms with Crippen molar-refractivity contribution >= 4 is 12.7 Å². The third-order valence-electron chi connectivity index (χ3n) is 1.33. The van der Waals surface area contributed by atoms with Crippen molar-refractivity contribution in [2.45, 2.75) is 6.92 Å². The largest absolute Gasteiger partial charge is 0.257 e.